The summed E-state index contributed by atoms with van der Waals surface area (Å²) in [5, 5.41) is 0.742. The zero-order chi connectivity index (χ0) is 22.1. The lowest BCUT2D eigenvalue weighted by Gasteiger charge is -2.24. The number of thiazole rings is 1. The van der Waals surface area contributed by atoms with Crippen molar-refractivity contribution in [1.29, 1.82) is 0 Å². The van der Waals surface area contributed by atoms with Gasteiger partial charge in [0.2, 0.25) is 0 Å². The molecule has 0 aliphatic heterocycles. The van der Waals surface area contributed by atoms with Gasteiger partial charge < -0.3 is 4.90 Å². The molecule has 0 aliphatic carbocycles. The van der Waals surface area contributed by atoms with E-state index in [4.69, 9.17) is 4.98 Å². The number of imidazole rings is 1. The lowest BCUT2D eigenvalue weighted by molar-refractivity contribution is 0.0977. The average molecular weight is 436 g/mol. The van der Waals surface area contributed by atoms with Crippen LogP contribution in [0.25, 0.3) is 15.9 Å². The van der Waals surface area contributed by atoms with E-state index in [1.807, 2.05) is 40.6 Å². The molecule has 0 spiro atoms. The number of nitrogens with zero attached hydrogens (tertiary/aromatic N) is 5. The summed E-state index contributed by atoms with van der Waals surface area (Å²) in [4.78, 5) is 27.5. The molecule has 0 atom stereocenters. The minimum absolute atomic E-state index is 0.0585. The summed E-state index contributed by atoms with van der Waals surface area (Å²) in [6.07, 6.45) is 1.90. The van der Waals surface area contributed by atoms with Crippen molar-refractivity contribution < 1.29 is 4.79 Å². The molecule has 31 heavy (non-hydrogen) atoms. The number of hydrogen-bond donors (Lipinski definition) is 0. The second kappa shape index (κ2) is 8.77. The third-order valence-corrected chi connectivity index (χ3v) is 6.76. The van der Waals surface area contributed by atoms with Crippen molar-refractivity contribution in [3.05, 3.63) is 59.0 Å². The van der Waals surface area contributed by atoms with Gasteiger partial charge in [0.1, 0.15) is 11.3 Å². The number of aromatic nitrogens is 3. The number of anilines is 1. The second-order valence-electron chi connectivity index (χ2n) is 7.88. The Morgan fingerprint density at radius 3 is 2.58 bits per heavy atom. The fraction of sp³-hybridized carbons (Fsp3) is 0.375. The van der Waals surface area contributed by atoms with E-state index in [1.165, 1.54) is 5.56 Å². The van der Waals surface area contributed by atoms with Crippen molar-refractivity contribution in [2.45, 2.75) is 34.6 Å². The highest BCUT2D eigenvalue weighted by atomic mass is 32.1. The highest BCUT2D eigenvalue weighted by Gasteiger charge is 2.26. The molecule has 6 nitrogen and oxygen atoms in total. The van der Waals surface area contributed by atoms with Gasteiger partial charge in [-0.15, -0.1) is 0 Å². The molecular formula is C24H29N5OS. The van der Waals surface area contributed by atoms with Gasteiger partial charge >= 0.3 is 0 Å². The largest absolute Gasteiger partial charge is 0.302 e. The molecule has 0 unspecified atom stereocenters. The molecule has 1 amide bonds. The van der Waals surface area contributed by atoms with Crippen molar-refractivity contribution in [2.75, 3.05) is 31.1 Å². The molecule has 0 saturated carbocycles. The van der Waals surface area contributed by atoms with Crippen molar-refractivity contribution >= 4 is 38.2 Å². The van der Waals surface area contributed by atoms with Crippen LogP contribution in [0.1, 0.15) is 41.2 Å². The van der Waals surface area contributed by atoms with Crippen molar-refractivity contribution in [1.82, 2.24) is 19.3 Å². The molecule has 162 valence electrons. The Morgan fingerprint density at radius 1 is 1.06 bits per heavy atom. The molecule has 0 N–H and O–H groups in total. The van der Waals surface area contributed by atoms with E-state index in [0.29, 0.717) is 12.2 Å². The van der Waals surface area contributed by atoms with Crippen molar-refractivity contribution in [3.8, 4) is 0 Å². The van der Waals surface area contributed by atoms with Crippen LogP contribution in [-0.4, -0.2) is 51.4 Å². The number of benzene rings is 1. The number of pyridine rings is 1. The summed E-state index contributed by atoms with van der Waals surface area (Å²) in [5.74, 6) is -0.0585. The molecule has 1 aromatic carbocycles. The highest BCUT2D eigenvalue weighted by Crippen LogP contribution is 2.32. The van der Waals surface area contributed by atoms with E-state index in [1.54, 1.807) is 11.3 Å². The monoisotopic (exact) mass is 435 g/mol. The van der Waals surface area contributed by atoms with Crippen LogP contribution in [0, 0.1) is 20.8 Å². The predicted molar refractivity (Wildman–Crippen MR) is 128 cm³/mol. The molecule has 3 heterocycles. The number of hydrogen-bond acceptors (Lipinski definition) is 5. The van der Waals surface area contributed by atoms with Crippen LogP contribution >= 0.6 is 11.3 Å². The first-order valence-corrected chi connectivity index (χ1v) is 11.6. The lowest BCUT2D eigenvalue weighted by Crippen LogP contribution is -2.39. The maximum atomic E-state index is 13.9. The van der Waals surface area contributed by atoms with Gasteiger partial charge in [-0.1, -0.05) is 37.3 Å². The summed E-state index contributed by atoms with van der Waals surface area (Å²) >= 11 is 1.58. The maximum absolute atomic E-state index is 13.9. The Bertz CT molecular complexity index is 1240. The smallest absolute Gasteiger partial charge is 0.279 e. The zero-order valence-corrected chi connectivity index (χ0v) is 19.7. The van der Waals surface area contributed by atoms with Gasteiger partial charge in [0, 0.05) is 19.3 Å². The Hall–Kier alpha value is -2.77. The summed E-state index contributed by atoms with van der Waals surface area (Å²) in [6, 6.07) is 10.1. The minimum atomic E-state index is -0.0585. The maximum Gasteiger partial charge on any atom is 0.279 e. The number of amides is 1. The average Bonchev–Trinajstić information content (AvgIpc) is 3.31. The number of likely N-dealkylation sites (N-methyl/N-ethyl adjacent to an activating group) is 1. The number of aryl methyl sites for hydroxylation is 3. The molecule has 3 aromatic heterocycles. The van der Waals surface area contributed by atoms with Crippen LogP contribution in [-0.2, 0) is 0 Å². The van der Waals surface area contributed by atoms with E-state index in [9.17, 15) is 4.79 Å². The van der Waals surface area contributed by atoms with Gasteiger partial charge in [-0.3, -0.25) is 14.1 Å². The zero-order valence-electron chi connectivity index (χ0n) is 18.8. The SMILES string of the molecule is CCN(CC)CCN(C(=O)c1c(C)nc2ccccn12)c1nc2c(C)cc(C)cc2s1. The van der Waals surface area contributed by atoms with E-state index < -0.39 is 0 Å². The van der Waals surface area contributed by atoms with Crippen LogP contribution in [0.2, 0.25) is 0 Å². The summed E-state index contributed by atoms with van der Waals surface area (Å²) in [7, 11) is 0. The topological polar surface area (TPSA) is 53.7 Å². The number of rotatable bonds is 7. The van der Waals surface area contributed by atoms with Gasteiger partial charge in [-0.05, 0) is 63.2 Å². The highest BCUT2D eigenvalue weighted by molar-refractivity contribution is 7.22. The molecule has 0 saturated heterocycles. The van der Waals surface area contributed by atoms with E-state index in [-0.39, 0.29) is 5.91 Å². The van der Waals surface area contributed by atoms with Gasteiger partial charge in [-0.2, -0.15) is 0 Å². The fourth-order valence-electron chi connectivity index (χ4n) is 4.04. The van der Waals surface area contributed by atoms with Gasteiger partial charge in [0.05, 0.1) is 15.9 Å². The minimum Gasteiger partial charge on any atom is -0.302 e. The molecule has 4 aromatic rings. The molecule has 0 fully saturated rings. The predicted octanol–water partition coefficient (Wildman–Crippen LogP) is 4.86. The van der Waals surface area contributed by atoms with Crippen LogP contribution in [0.5, 0.6) is 0 Å². The lowest BCUT2D eigenvalue weighted by atomic mass is 10.1. The Morgan fingerprint density at radius 2 is 1.84 bits per heavy atom. The number of carbonyl (C=O) groups is 1. The van der Waals surface area contributed by atoms with Crippen LogP contribution in [0.4, 0.5) is 5.13 Å². The summed E-state index contributed by atoms with van der Waals surface area (Å²) in [6.45, 7) is 13.6. The van der Waals surface area contributed by atoms with E-state index in [0.717, 1.165) is 51.9 Å². The molecule has 7 heteroatoms. The second-order valence-corrected chi connectivity index (χ2v) is 8.89. The molecule has 0 radical (unpaired) electrons. The molecule has 4 rings (SSSR count). The molecule has 0 bridgehead atoms. The van der Waals surface area contributed by atoms with Crippen LogP contribution in [0.3, 0.4) is 0 Å². The Balaban J connectivity index is 1.80. The quantitative estimate of drug-likeness (QED) is 0.416. The summed E-state index contributed by atoms with van der Waals surface area (Å²) < 4.78 is 2.99. The Kier molecular flexibility index (Phi) is 6.07. The Labute approximate surface area is 187 Å². The third kappa shape index (κ3) is 4.07. The van der Waals surface area contributed by atoms with Crippen LogP contribution in [0.15, 0.2) is 36.5 Å². The molecule has 0 aliphatic rings. The van der Waals surface area contributed by atoms with Gasteiger partial charge in [0.15, 0.2) is 5.13 Å². The first-order chi connectivity index (χ1) is 14.9. The summed E-state index contributed by atoms with van der Waals surface area (Å²) in [5.41, 5.74) is 5.43. The van der Waals surface area contributed by atoms with Gasteiger partial charge in [-0.25, -0.2) is 9.97 Å². The van der Waals surface area contributed by atoms with Crippen LogP contribution < -0.4 is 4.90 Å². The standard InChI is InChI=1S/C24H29N5OS/c1-6-27(7-2)12-13-29(24-26-21-17(4)14-16(3)15-19(21)31-24)23(30)22-18(5)25-20-10-8-9-11-28(20)22/h8-11,14-15H,6-7,12-13H2,1-5H3. The first kappa shape index (κ1) is 21.5. The van der Waals surface area contributed by atoms with Crippen molar-refractivity contribution in [3.63, 3.8) is 0 Å². The number of carbonyl (C=O) groups excluding carboxylic acids is 1. The molecular weight excluding hydrogens is 406 g/mol. The van der Waals surface area contributed by atoms with E-state index in [2.05, 4.69) is 49.7 Å². The fourth-order valence-corrected chi connectivity index (χ4v) is 5.20. The van der Waals surface area contributed by atoms with Gasteiger partial charge in [0.25, 0.3) is 5.91 Å². The number of fused-ring (bicyclic) bond motifs is 2. The third-order valence-electron chi connectivity index (χ3n) is 5.74. The first-order valence-electron chi connectivity index (χ1n) is 10.8. The van der Waals surface area contributed by atoms with E-state index >= 15 is 0 Å². The normalized spacial score (nSPS) is 11.7. The van der Waals surface area contributed by atoms with Crippen molar-refractivity contribution in [2.24, 2.45) is 0 Å².